The Kier molecular flexibility index (Phi) is 3.30. The van der Waals surface area contributed by atoms with Gasteiger partial charge in [-0.25, -0.2) is 4.98 Å². The van der Waals surface area contributed by atoms with Gasteiger partial charge in [-0.05, 0) is 30.5 Å². The van der Waals surface area contributed by atoms with E-state index >= 15 is 0 Å². The van der Waals surface area contributed by atoms with E-state index in [1.54, 1.807) is 0 Å². The molecule has 0 aliphatic heterocycles. The maximum Gasteiger partial charge on any atom is 0.168 e. The van der Waals surface area contributed by atoms with Gasteiger partial charge < -0.3 is 0 Å². The van der Waals surface area contributed by atoms with Crippen molar-refractivity contribution in [2.75, 3.05) is 0 Å². The van der Waals surface area contributed by atoms with Crippen LogP contribution in [0.4, 0.5) is 0 Å². The Morgan fingerprint density at radius 1 is 1.31 bits per heavy atom. The average molecular weight is 213 g/mol. The Hall–Kier alpha value is -1.70. The normalized spacial score (nSPS) is 10.6. The van der Waals surface area contributed by atoms with Crippen LogP contribution in [0, 0.1) is 0 Å². The molecule has 1 aromatic carbocycles. The second kappa shape index (κ2) is 4.88. The largest absolute Gasteiger partial charge is 0.296 e. The van der Waals surface area contributed by atoms with Gasteiger partial charge in [-0.1, -0.05) is 31.5 Å². The molecule has 0 unspecified atom stereocenters. The number of aromatic nitrogens is 1. The van der Waals surface area contributed by atoms with Crippen molar-refractivity contribution >= 4 is 17.2 Å². The number of carbonyl (C=O) groups is 1. The van der Waals surface area contributed by atoms with E-state index < -0.39 is 0 Å². The number of aldehydes is 1. The van der Waals surface area contributed by atoms with Crippen LogP contribution in [0.2, 0.25) is 0 Å². The lowest BCUT2D eigenvalue weighted by atomic mass is 10.0. The van der Waals surface area contributed by atoms with Gasteiger partial charge >= 0.3 is 0 Å². The summed E-state index contributed by atoms with van der Waals surface area (Å²) in [5, 5.41) is 1.11. The molecule has 2 nitrogen and oxygen atoms in total. The Bertz CT molecular complexity index is 505. The van der Waals surface area contributed by atoms with Crippen LogP contribution in [0.5, 0.6) is 0 Å². The second-order valence-corrected chi connectivity index (χ2v) is 3.95. The van der Waals surface area contributed by atoms with Crippen molar-refractivity contribution < 1.29 is 4.79 Å². The van der Waals surface area contributed by atoms with E-state index in [1.807, 2.05) is 24.3 Å². The molecule has 1 heterocycles. The summed E-state index contributed by atoms with van der Waals surface area (Å²) in [6, 6.07) is 9.99. The molecular weight excluding hydrogens is 198 g/mol. The van der Waals surface area contributed by atoms with Crippen molar-refractivity contribution in [1.29, 1.82) is 0 Å². The lowest BCUT2D eigenvalue weighted by Crippen LogP contribution is -1.97. The van der Waals surface area contributed by atoms with Crippen LogP contribution in [-0.2, 0) is 6.42 Å². The van der Waals surface area contributed by atoms with E-state index in [9.17, 15) is 4.79 Å². The second-order valence-electron chi connectivity index (χ2n) is 3.95. The van der Waals surface area contributed by atoms with Gasteiger partial charge in [0.2, 0.25) is 0 Å². The van der Waals surface area contributed by atoms with Crippen LogP contribution in [0.25, 0.3) is 10.9 Å². The predicted octanol–water partition coefficient (Wildman–Crippen LogP) is 3.39. The van der Waals surface area contributed by atoms with E-state index in [1.165, 1.54) is 0 Å². The summed E-state index contributed by atoms with van der Waals surface area (Å²) in [5.74, 6) is 0. The molecule has 2 heteroatoms. The zero-order valence-electron chi connectivity index (χ0n) is 9.44. The van der Waals surface area contributed by atoms with Crippen molar-refractivity contribution in [3.8, 4) is 0 Å². The summed E-state index contributed by atoms with van der Waals surface area (Å²) in [6.07, 6.45) is 4.02. The fraction of sp³-hybridized carbons (Fsp3) is 0.286. The van der Waals surface area contributed by atoms with Crippen LogP contribution < -0.4 is 0 Å². The molecule has 0 amide bonds. The summed E-state index contributed by atoms with van der Waals surface area (Å²) >= 11 is 0. The standard InChI is InChI=1S/C14H15NO/c1-2-3-6-12-9-11-7-4-5-8-13(11)15-14(12)10-16/h4-5,7-10H,2-3,6H2,1H3. The third-order valence-corrected chi connectivity index (χ3v) is 2.75. The number of carbonyl (C=O) groups excluding carboxylic acids is 1. The minimum absolute atomic E-state index is 0.590. The van der Waals surface area contributed by atoms with Crippen LogP contribution in [0.15, 0.2) is 30.3 Å². The molecule has 0 radical (unpaired) electrons. The molecule has 0 saturated heterocycles. The average Bonchev–Trinajstić information content (AvgIpc) is 2.35. The number of benzene rings is 1. The molecule has 0 aliphatic carbocycles. The predicted molar refractivity (Wildman–Crippen MR) is 65.7 cm³/mol. The van der Waals surface area contributed by atoms with Gasteiger partial charge in [0.05, 0.1) is 5.52 Å². The van der Waals surface area contributed by atoms with E-state index in [4.69, 9.17) is 0 Å². The number of nitrogens with zero attached hydrogens (tertiary/aromatic N) is 1. The molecule has 82 valence electrons. The number of aryl methyl sites for hydroxylation is 1. The number of unbranched alkanes of at least 4 members (excludes halogenated alkanes) is 1. The Morgan fingerprint density at radius 3 is 2.88 bits per heavy atom. The highest BCUT2D eigenvalue weighted by Gasteiger charge is 2.05. The van der Waals surface area contributed by atoms with Gasteiger partial charge in [0.15, 0.2) is 6.29 Å². The Labute approximate surface area is 95.3 Å². The fourth-order valence-corrected chi connectivity index (χ4v) is 1.84. The van der Waals surface area contributed by atoms with Gasteiger partial charge in [0.25, 0.3) is 0 Å². The highest BCUT2D eigenvalue weighted by Crippen LogP contribution is 2.17. The van der Waals surface area contributed by atoms with Crippen molar-refractivity contribution in [2.24, 2.45) is 0 Å². The number of hydrogen-bond acceptors (Lipinski definition) is 2. The molecule has 0 saturated carbocycles. The molecule has 0 atom stereocenters. The molecule has 0 aliphatic rings. The topological polar surface area (TPSA) is 30.0 Å². The van der Waals surface area contributed by atoms with Crippen molar-refractivity contribution in [3.63, 3.8) is 0 Å². The number of rotatable bonds is 4. The Morgan fingerprint density at radius 2 is 2.12 bits per heavy atom. The SMILES string of the molecule is CCCCc1cc2ccccc2nc1C=O. The molecule has 0 N–H and O–H groups in total. The summed E-state index contributed by atoms with van der Waals surface area (Å²) in [5.41, 5.74) is 2.55. The molecular formula is C14H15NO. The van der Waals surface area contributed by atoms with Gasteiger partial charge in [-0.15, -0.1) is 0 Å². The molecule has 0 spiro atoms. The first-order valence-corrected chi connectivity index (χ1v) is 5.69. The lowest BCUT2D eigenvalue weighted by Gasteiger charge is -2.05. The molecule has 1 aromatic heterocycles. The molecule has 2 aromatic rings. The van der Waals surface area contributed by atoms with Gasteiger partial charge in [0.1, 0.15) is 5.69 Å². The van der Waals surface area contributed by atoms with Crippen molar-refractivity contribution in [3.05, 3.63) is 41.6 Å². The van der Waals surface area contributed by atoms with Crippen molar-refractivity contribution in [2.45, 2.75) is 26.2 Å². The minimum Gasteiger partial charge on any atom is -0.296 e. The maximum atomic E-state index is 11.0. The number of fused-ring (bicyclic) bond motifs is 1. The van der Waals surface area contributed by atoms with Crippen LogP contribution in [-0.4, -0.2) is 11.3 Å². The van der Waals surface area contributed by atoms with Gasteiger partial charge in [-0.3, -0.25) is 4.79 Å². The fourth-order valence-electron chi connectivity index (χ4n) is 1.84. The monoisotopic (exact) mass is 213 g/mol. The smallest absolute Gasteiger partial charge is 0.168 e. The maximum absolute atomic E-state index is 11.0. The summed E-state index contributed by atoms with van der Waals surface area (Å²) < 4.78 is 0. The molecule has 16 heavy (non-hydrogen) atoms. The molecule has 0 bridgehead atoms. The first-order chi connectivity index (χ1) is 7.85. The minimum atomic E-state index is 0.590. The van der Waals surface area contributed by atoms with Crippen molar-refractivity contribution in [1.82, 2.24) is 4.98 Å². The third kappa shape index (κ3) is 2.11. The van der Waals surface area contributed by atoms with E-state index in [0.29, 0.717) is 5.69 Å². The highest BCUT2D eigenvalue weighted by atomic mass is 16.1. The van der Waals surface area contributed by atoms with E-state index in [0.717, 1.165) is 42.0 Å². The van der Waals surface area contributed by atoms with Crippen LogP contribution >= 0.6 is 0 Å². The third-order valence-electron chi connectivity index (χ3n) is 2.75. The zero-order chi connectivity index (χ0) is 11.4. The quantitative estimate of drug-likeness (QED) is 0.729. The number of pyridine rings is 1. The van der Waals surface area contributed by atoms with E-state index in [-0.39, 0.29) is 0 Å². The first kappa shape index (κ1) is 10.8. The van der Waals surface area contributed by atoms with Crippen LogP contribution in [0.1, 0.15) is 35.8 Å². The summed E-state index contributed by atoms with van der Waals surface area (Å²) in [6.45, 7) is 2.15. The van der Waals surface area contributed by atoms with Gasteiger partial charge in [-0.2, -0.15) is 0 Å². The number of hydrogen-bond donors (Lipinski definition) is 0. The summed E-state index contributed by atoms with van der Waals surface area (Å²) in [4.78, 5) is 15.4. The first-order valence-electron chi connectivity index (χ1n) is 5.69. The number of para-hydroxylation sites is 1. The van der Waals surface area contributed by atoms with Crippen LogP contribution in [0.3, 0.4) is 0 Å². The molecule has 0 fully saturated rings. The van der Waals surface area contributed by atoms with Gasteiger partial charge in [0, 0.05) is 5.39 Å². The lowest BCUT2D eigenvalue weighted by molar-refractivity contribution is 0.111. The summed E-state index contributed by atoms with van der Waals surface area (Å²) in [7, 11) is 0. The molecule has 2 rings (SSSR count). The highest BCUT2D eigenvalue weighted by molar-refractivity contribution is 5.85. The zero-order valence-corrected chi connectivity index (χ0v) is 9.44. The Balaban J connectivity index is 2.49. The van der Waals surface area contributed by atoms with E-state index in [2.05, 4.69) is 18.0 Å².